The van der Waals surface area contributed by atoms with E-state index in [1.54, 1.807) is 0 Å². The summed E-state index contributed by atoms with van der Waals surface area (Å²) in [4.78, 5) is 0. The summed E-state index contributed by atoms with van der Waals surface area (Å²) in [7, 11) is 1.93. The molecule has 1 heterocycles. The molecule has 1 aromatic heterocycles. The lowest BCUT2D eigenvalue weighted by Gasteiger charge is -1.99. The highest BCUT2D eigenvalue weighted by molar-refractivity contribution is 5.70. The molecule has 2 aromatic carbocycles. The van der Waals surface area contributed by atoms with E-state index in [9.17, 15) is 0 Å². The molecule has 0 unspecified atom stereocenters. The van der Waals surface area contributed by atoms with Crippen molar-refractivity contribution < 1.29 is 4.57 Å². The van der Waals surface area contributed by atoms with Gasteiger partial charge in [0.05, 0.1) is 0 Å². The molecule has 1 N–H and O–H groups in total. The molecule has 108 valence electrons. The van der Waals surface area contributed by atoms with Crippen molar-refractivity contribution in [2.75, 3.05) is 12.4 Å². The van der Waals surface area contributed by atoms with Crippen LogP contribution in [-0.2, 0) is 0 Å². The second-order valence-electron chi connectivity index (χ2n) is 5.08. The highest BCUT2D eigenvalue weighted by Gasteiger charge is 2.02. The third kappa shape index (κ3) is 3.41. The molecule has 0 aliphatic carbocycles. The summed E-state index contributed by atoms with van der Waals surface area (Å²) < 4.78 is 2.11. The van der Waals surface area contributed by atoms with Crippen molar-refractivity contribution in [3.8, 4) is 5.69 Å². The van der Waals surface area contributed by atoms with Gasteiger partial charge in [-0.15, -0.1) is 0 Å². The van der Waals surface area contributed by atoms with Gasteiger partial charge in [-0.25, -0.2) is 0 Å². The zero-order valence-corrected chi connectivity index (χ0v) is 12.6. The Morgan fingerprint density at radius 1 is 0.727 bits per heavy atom. The van der Waals surface area contributed by atoms with Gasteiger partial charge in [0.2, 0.25) is 5.69 Å². The quantitative estimate of drug-likeness (QED) is 0.712. The number of pyridine rings is 1. The molecule has 0 bridgehead atoms. The van der Waals surface area contributed by atoms with Gasteiger partial charge in [-0.05, 0) is 23.3 Å². The maximum atomic E-state index is 3.12. The molecule has 22 heavy (non-hydrogen) atoms. The first-order valence-electron chi connectivity index (χ1n) is 7.38. The van der Waals surface area contributed by atoms with Crippen LogP contribution in [0, 0.1) is 0 Å². The van der Waals surface area contributed by atoms with Gasteiger partial charge in [0.1, 0.15) is 0 Å². The molecule has 0 aliphatic heterocycles. The fraction of sp³-hybridized carbons (Fsp3) is 0.0500. The van der Waals surface area contributed by atoms with Crippen LogP contribution < -0.4 is 9.88 Å². The molecule has 2 nitrogen and oxygen atoms in total. The largest absolute Gasteiger partial charge is 0.388 e. The Morgan fingerprint density at radius 3 is 1.91 bits per heavy atom. The van der Waals surface area contributed by atoms with E-state index >= 15 is 0 Å². The summed E-state index contributed by atoms with van der Waals surface area (Å²) in [6, 6.07) is 22.9. The summed E-state index contributed by atoms with van der Waals surface area (Å²) in [5, 5.41) is 3.12. The van der Waals surface area contributed by atoms with E-state index in [2.05, 4.69) is 83.0 Å². The average molecular weight is 287 g/mol. The highest BCUT2D eigenvalue weighted by Crippen LogP contribution is 2.12. The van der Waals surface area contributed by atoms with Crippen LogP contribution in [0.2, 0.25) is 0 Å². The number of para-hydroxylation sites is 1. The van der Waals surface area contributed by atoms with E-state index < -0.39 is 0 Å². The molecule has 3 aromatic rings. The summed E-state index contributed by atoms with van der Waals surface area (Å²) in [5.41, 5.74) is 4.67. The summed E-state index contributed by atoms with van der Waals surface area (Å²) in [6.45, 7) is 0. The fourth-order valence-corrected chi connectivity index (χ4v) is 2.27. The van der Waals surface area contributed by atoms with Crippen LogP contribution in [0.3, 0.4) is 0 Å². The molecular weight excluding hydrogens is 268 g/mol. The normalized spacial score (nSPS) is 10.8. The third-order valence-corrected chi connectivity index (χ3v) is 3.58. The number of anilines is 1. The molecule has 0 saturated carbocycles. The van der Waals surface area contributed by atoms with Crippen molar-refractivity contribution >= 4 is 17.8 Å². The number of nitrogens with one attached hydrogen (secondary N) is 1. The average Bonchev–Trinajstić information content (AvgIpc) is 2.61. The maximum absolute atomic E-state index is 3.12. The van der Waals surface area contributed by atoms with E-state index in [1.165, 1.54) is 16.8 Å². The number of rotatable bonds is 4. The number of hydrogen-bond donors (Lipinski definition) is 1. The highest BCUT2D eigenvalue weighted by atomic mass is 14.9. The van der Waals surface area contributed by atoms with Gasteiger partial charge < -0.3 is 5.32 Å². The van der Waals surface area contributed by atoms with Crippen LogP contribution in [-0.4, -0.2) is 7.05 Å². The smallest absolute Gasteiger partial charge is 0.210 e. The second-order valence-corrected chi connectivity index (χ2v) is 5.08. The molecule has 0 saturated heterocycles. The van der Waals surface area contributed by atoms with E-state index in [4.69, 9.17) is 0 Å². The molecule has 0 radical (unpaired) electrons. The lowest BCUT2D eigenvalue weighted by atomic mass is 10.1. The van der Waals surface area contributed by atoms with Crippen molar-refractivity contribution in [1.29, 1.82) is 0 Å². The Hall–Kier alpha value is -2.87. The van der Waals surface area contributed by atoms with Gasteiger partial charge in [-0.2, -0.15) is 4.57 Å². The van der Waals surface area contributed by atoms with Crippen molar-refractivity contribution in [3.05, 3.63) is 90.3 Å². The predicted molar refractivity (Wildman–Crippen MR) is 92.9 cm³/mol. The topological polar surface area (TPSA) is 15.9 Å². The Bertz CT molecular complexity index is 742. The molecular formula is C20H19N2+. The minimum Gasteiger partial charge on any atom is -0.388 e. The third-order valence-electron chi connectivity index (χ3n) is 3.58. The van der Waals surface area contributed by atoms with Gasteiger partial charge in [0, 0.05) is 37.0 Å². The van der Waals surface area contributed by atoms with Gasteiger partial charge >= 0.3 is 0 Å². The van der Waals surface area contributed by atoms with Gasteiger partial charge in [-0.3, -0.25) is 0 Å². The van der Waals surface area contributed by atoms with Crippen molar-refractivity contribution in [1.82, 2.24) is 0 Å². The zero-order chi connectivity index (χ0) is 15.2. The Balaban J connectivity index is 1.74. The first-order chi connectivity index (χ1) is 10.8. The Morgan fingerprint density at radius 2 is 1.32 bits per heavy atom. The first-order valence-corrected chi connectivity index (χ1v) is 7.38. The summed E-state index contributed by atoms with van der Waals surface area (Å²) >= 11 is 0. The molecule has 0 fully saturated rings. The van der Waals surface area contributed by atoms with Gasteiger partial charge in [0.25, 0.3) is 0 Å². The van der Waals surface area contributed by atoms with E-state index in [-0.39, 0.29) is 0 Å². The monoisotopic (exact) mass is 287 g/mol. The molecule has 0 aliphatic rings. The molecule has 0 spiro atoms. The predicted octanol–water partition coefficient (Wildman–Crippen LogP) is 4.18. The summed E-state index contributed by atoms with van der Waals surface area (Å²) in [5.74, 6) is 0. The minimum atomic E-state index is 1.13. The van der Waals surface area contributed by atoms with Crippen molar-refractivity contribution in [3.63, 3.8) is 0 Å². The molecule has 2 heteroatoms. The number of benzene rings is 2. The van der Waals surface area contributed by atoms with Crippen LogP contribution in [0.25, 0.3) is 17.8 Å². The van der Waals surface area contributed by atoms with Crippen molar-refractivity contribution in [2.24, 2.45) is 0 Å². The first kappa shape index (κ1) is 14.1. The zero-order valence-electron chi connectivity index (χ0n) is 12.6. The van der Waals surface area contributed by atoms with Crippen LogP contribution in [0.5, 0.6) is 0 Å². The molecule has 0 amide bonds. The van der Waals surface area contributed by atoms with Gasteiger partial charge in [0.15, 0.2) is 12.4 Å². The number of aromatic nitrogens is 1. The number of nitrogens with zero attached hydrogens (tertiary/aromatic N) is 1. The lowest BCUT2D eigenvalue weighted by molar-refractivity contribution is -0.595. The maximum Gasteiger partial charge on any atom is 0.210 e. The van der Waals surface area contributed by atoms with Crippen LogP contribution in [0.1, 0.15) is 11.1 Å². The summed E-state index contributed by atoms with van der Waals surface area (Å²) in [6.07, 6.45) is 8.42. The fourth-order valence-electron chi connectivity index (χ4n) is 2.27. The second kappa shape index (κ2) is 6.72. The molecule has 0 atom stereocenters. The SMILES string of the molecule is CNc1ccc(/C=C/c2cc[n+](-c3ccccc3)cc2)cc1. The number of hydrogen-bond acceptors (Lipinski definition) is 1. The van der Waals surface area contributed by atoms with Gasteiger partial charge in [-0.1, -0.05) is 42.5 Å². The Labute approximate surface area is 131 Å². The molecule has 3 rings (SSSR count). The van der Waals surface area contributed by atoms with Crippen LogP contribution in [0.4, 0.5) is 5.69 Å². The standard InChI is InChI=1S/C20H18N2/c1-21-19-11-9-17(10-12-19)7-8-18-13-15-22(16-14-18)20-5-3-2-4-6-20/h2-16H,1H3/p+1. The van der Waals surface area contributed by atoms with E-state index in [1.807, 2.05) is 25.2 Å². The lowest BCUT2D eigenvalue weighted by Crippen LogP contribution is -2.28. The van der Waals surface area contributed by atoms with Crippen LogP contribution >= 0.6 is 0 Å². The van der Waals surface area contributed by atoms with E-state index in [0.29, 0.717) is 0 Å². The van der Waals surface area contributed by atoms with Crippen molar-refractivity contribution in [2.45, 2.75) is 0 Å². The Kier molecular flexibility index (Phi) is 4.30. The van der Waals surface area contributed by atoms with Crippen LogP contribution in [0.15, 0.2) is 79.1 Å². The van der Waals surface area contributed by atoms with E-state index in [0.717, 1.165) is 5.69 Å². The minimum absolute atomic E-state index is 1.13.